The molecular weight excluding hydrogens is 194 g/mol. The van der Waals surface area contributed by atoms with Crippen LogP contribution in [0.5, 0.6) is 0 Å². The summed E-state index contributed by atoms with van der Waals surface area (Å²) in [6.07, 6.45) is 3.41. The SMILES string of the molecule is CCC1CCc2sc(N)c(C(C)=O)c21. The summed E-state index contributed by atoms with van der Waals surface area (Å²) in [5.74, 6) is 0.692. The number of anilines is 1. The van der Waals surface area contributed by atoms with Gasteiger partial charge in [-0.2, -0.15) is 0 Å². The quantitative estimate of drug-likeness (QED) is 0.761. The van der Waals surface area contributed by atoms with E-state index in [1.165, 1.54) is 16.9 Å². The highest BCUT2D eigenvalue weighted by Gasteiger charge is 2.29. The Bertz CT molecular complexity index is 381. The van der Waals surface area contributed by atoms with Crippen molar-refractivity contribution in [3.8, 4) is 0 Å². The van der Waals surface area contributed by atoms with Crippen molar-refractivity contribution in [1.29, 1.82) is 0 Å². The Balaban J connectivity index is 2.55. The molecule has 0 saturated heterocycles. The lowest BCUT2D eigenvalue weighted by Crippen LogP contribution is -2.02. The van der Waals surface area contributed by atoms with Crippen molar-refractivity contribution in [3.05, 3.63) is 16.0 Å². The molecule has 1 atom stereocenters. The van der Waals surface area contributed by atoms with Crippen molar-refractivity contribution < 1.29 is 4.79 Å². The van der Waals surface area contributed by atoms with Gasteiger partial charge in [-0.15, -0.1) is 11.3 Å². The first-order chi connectivity index (χ1) is 6.65. The van der Waals surface area contributed by atoms with Crippen molar-refractivity contribution in [3.63, 3.8) is 0 Å². The third kappa shape index (κ3) is 1.27. The molecule has 0 spiro atoms. The van der Waals surface area contributed by atoms with Gasteiger partial charge in [-0.25, -0.2) is 0 Å². The van der Waals surface area contributed by atoms with E-state index in [2.05, 4.69) is 6.92 Å². The summed E-state index contributed by atoms with van der Waals surface area (Å²) in [5, 5.41) is 0.723. The highest BCUT2D eigenvalue weighted by Crippen LogP contribution is 2.45. The maximum Gasteiger partial charge on any atom is 0.163 e. The van der Waals surface area contributed by atoms with Crippen LogP contribution in [0.3, 0.4) is 0 Å². The molecule has 0 aromatic carbocycles. The number of carbonyl (C=O) groups excluding carboxylic acids is 1. The van der Waals surface area contributed by atoms with Crippen LogP contribution in [0.2, 0.25) is 0 Å². The van der Waals surface area contributed by atoms with Crippen LogP contribution in [0.4, 0.5) is 5.00 Å². The number of nitrogens with two attached hydrogens (primary N) is 1. The molecule has 1 aliphatic rings. The average Bonchev–Trinajstić information content (AvgIpc) is 2.60. The molecule has 76 valence electrons. The van der Waals surface area contributed by atoms with Gasteiger partial charge in [0.2, 0.25) is 0 Å². The summed E-state index contributed by atoms with van der Waals surface area (Å²) >= 11 is 1.61. The molecular formula is C11H15NOS. The minimum atomic E-state index is 0.125. The maximum absolute atomic E-state index is 11.5. The highest BCUT2D eigenvalue weighted by molar-refractivity contribution is 7.16. The first-order valence-electron chi connectivity index (χ1n) is 5.07. The van der Waals surface area contributed by atoms with E-state index < -0.39 is 0 Å². The van der Waals surface area contributed by atoms with Gasteiger partial charge >= 0.3 is 0 Å². The van der Waals surface area contributed by atoms with Gasteiger partial charge in [0.05, 0.1) is 10.6 Å². The predicted octanol–water partition coefficient (Wildman–Crippen LogP) is 2.97. The third-order valence-electron chi connectivity index (χ3n) is 3.02. The highest BCUT2D eigenvalue weighted by atomic mass is 32.1. The lowest BCUT2D eigenvalue weighted by Gasteiger charge is -2.08. The predicted molar refractivity (Wildman–Crippen MR) is 60.1 cm³/mol. The standard InChI is InChI=1S/C11H15NOS/c1-3-7-4-5-8-10(7)9(6(2)13)11(12)14-8/h7H,3-5,12H2,1-2H3. The number of thiophene rings is 1. The zero-order valence-electron chi connectivity index (χ0n) is 8.59. The normalized spacial score (nSPS) is 19.7. The molecule has 1 unspecified atom stereocenters. The zero-order chi connectivity index (χ0) is 10.3. The molecule has 1 aromatic rings. The Morgan fingerprint density at radius 1 is 1.64 bits per heavy atom. The number of rotatable bonds is 2. The molecule has 0 aliphatic heterocycles. The minimum Gasteiger partial charge on any atom is -0.390 e. The van der Waals surface area contributed by atoms with Gasteiger partial charge in [0.25, 0.3) is 0 Å². The van der Waals surface area contributed by atoms with E-state index in [0.29, 0.717) is 5.92 Å². The topological polar surface area (TPSA) is 43.1 Å². The van der Waals surface area contributed by atoms with Gasteiger partial charge in [-0.05, 0) is 37.7 Å². The van der Waals surface area contributed by atoms with Crippen LogP contribution in [-0.2, 0) is 6.42 Å². The Morgan fingerprint density at radius 2 is 2.36 bits per heavy atom. The molecule has 1 aromatic heterocycles. The van der Waals surface area contributed by atoms with Crippen LogP contribution in [0, 0.1) is 0 Å². The number of carbonyl (C=O) groups is 1. The van der Waals surface area contributed by atoms with Crippen molar-refractivity contribution in [2.75, 3.05) is 5.73 Å². The summed E-state index contributed by atoms with van der Waals surface area (Å²) in [6, 6.07) is 0. The molecule has 0 amide bonds. The molecule has 1 aliphatic carbocycles. The minimum absolute atomic E-state index is 0.125. The van der Waals surface area contributed by atoms with Crippen molar-refractivity contribution >= 4 is 22.1 Å². The Kier molecular flexibility index (Phi) is 2.35. The zero-order valence-corrected chi connectivity index (χ0v) is 9.41. The molecule has 2 nitrogen and oxygen atoms in total. The van der Waals surface area contributed by atoms with E-state index in [1.807, 2.05) is 0 Å². The summed E-state index contributed by atoms with van der Waals surface area (Å²) in [6.45, 7) is 3.79. The van der Waals surface area contributed by atoms with E-state index in [9.17, 15) is 4.79 Å². The van der Waals surface area contributed by atoms with Crippen molar-refractivity contribution in [2.24, 2.45) is 0 Å². The van der Waals surface area contributed by atoms with Crippen LogP contribution >= 0.6 is 11.3 Å². The Morgan fingerprint density at radius 3 is 2.93 bits per heavy atom. The van der Waals surface area contributed by atoms with Gasteiger partial charge in [-0.1, -0.05) is 6.92 Å². The molecule has 0 fully saturated rings. The second-order valence-electron chi connectivity index (χ2n) is 3.88. The molecule has 2 N–H and O–H groups in total. The number of Topliss-reactive ketones (excluding diaryl/α,β-unsaturated/α-hetero) is 1. The number of nitrogen functional groups attached to an aromatic ring is 1. The lowest BCUT2D eigenvalue weighted by atomic mass is 9.95. The fraction of sp³-hybridized carbons (Fsp3) is 0.545. The monoisotopic (exact) mass is 209 g/mol. The average molecular weight is 209 g/mol. The molecule has 1 heterocycles. The fourth-order valence-electron chi connectivity index (χ4n) is 2.35. The van der Waals surface area contributed by atoms with E-state index in [4.69, 9.17) is 5.73 Å². The second kappa shape index (κ2) is 3.39. The molecule has 0 radical (unpaired) electrons. The molecule has 2 rings (SSSR count). The first kappa shape index (κ1) is 9.71. The van der Waals surface area contributed by atoms with E-state index >= 15 is 0 Å². The Hall–Kier alpha value is -0.830. The molecule has 0 saturated carbocycles. The largest absolute Gasteiger partial charge is 0.390 e. The third-order valence-corrected chi connectivity index (χ3v) is 4.12. The number of hydrogen-bond acceptors (Lipinski definition) is 3. The van der Waals surface area contributed by atoms with E-state index in [1.54, 1.807) is 18.3 Å². The summed E-state index contributed by atoms with van der Waals surface area (Å²) in [5.41, 5.74) is 7.95. The first-order valence-corrected chi connectivity index (χ1v) is 5.88. The smallest absolute Gasteiger partial charge is 0.163 e. The molecule has 0 bridgehead atoms. The summed E-state index contributed by atoms with van der Waals surface area (Å²) in [7, 11) is 0. The van der Waals surface area contributed by atoms with E-state index in [-0.39, 0.29) is 5.78 Å². The summed E-state index contributed by atoms with van der Waals surface area (Å²) in [4.78, 5) is 12.8. The molecule has 14 heavy (non-hydrogen) atoms. The lowest BCUT2D eigenvalue weighted by molar-refractivity contribution is 0.101. The number of fused-ring (bicyclic) bond motifs is 1. The van der Waals surface area contributed by atoms with Gasteiger partial charge in [-0.3, -0.25) is 4.79 Å². The van der Waals surface area contributed by atoms with Crippen LogP contribution in [-0.4, -0.2) is 5.78 Å². The maximum atomic E-state index is 11.5. The fourth-order valence-corrected chi connectivity index (χ4v) is 3.57. The van der Waals surface area contributed by atoms with Gasteiger partial charge in [0.15, 0.2) is 5.78 Å². The van der Waals surface area contributed by atoms with Crippen LogP contribution in [0.15, 0.2) is 0 Å². The van der Waals surface area contributed by atoms with Crippen molar-refractivity contribution in [1.82, 2.24) is 0 Å². The van der Waals surface area contributed by atoms with Crippen molar-refractivity contribution in [2.45, 2.75) is 39.0 Å². The Labute approximate surface area is 88.1 Å². The number of hydrogen-bond donors (Lipinski definition) is 1. The molecule has 3 heteroatoms. The second-order valence-corrected chi connectivity index (χ2v) is 5.01. The van der Waals surface area contributed by atoms with Gasteiger partial charge < -0.3 is 5.73 Å². The summed E-state index contributed by atoms with van der Waals surface area (Å²) < 4.78 is 0. The van der Waals surface area contributed by atoms with Gasteiger partial charge in [0, 0.05) is 4.88 Å². The van der Waals surface area contributed by atoms with E-state index in [0.717, 1.165) is 23.4 Å². The van der Waals surface area contributed by atoms with Crippen LogP contribution in [0.1, 0.15) is 53.4 Å². The van der Waals surface area contributed by atoms with Crippen LogP contribution < -0.4 is 5.73 Å². The van der Waals surface area contributed by atoms with Crippen LogP contribution in [0.25, 0.3) is 0 Å². The number of ketones is 1. The van der Waals surface area contributed by atoms with Gasteiger partial charge in [0.1, 0.15) is 0 Å². The number of aryl methyl sites for hydroxylation is 1.